The minimum atomic E-state index is -0.684. The molecule has 1 aromatic carbocycles. The zero-order valence-corrected chi connectivity index (χ0v) is 11.6. The van der Waals surface area contributed by atoms with Crippen LogP contribution in [0.2, 0.25) is 0 Å². The van der Waals surface area contributed by atoms with E-state index in [9.17, 15) is 10.1 Å². The number of nitrogens with two attached hydrogens (primary N) is 1. The van der Waals surface area contributed by atoms with Crippen LogP contribution in [-0.4, -0.2) is 15.1 Å². The predicted octanol–water partition coefficient (Wildman–Crippen LogP) is 2.54. The molecule has 0 radical (unpaired) electrons. The topological polar surface area (TPSA) is 108 Å². The summed E-state index contributed by atoms with van der Waals surface area (Å²) in [5, 5.41) is 14.7. The van der Waals surface area contributed by atoms with Crippen molar-refractivity contribution in [2.24, 2.45) is 5.73 Å². The number of nitrogens with zero attached hydrogens (tertiary/aromatic N) is 3. The molecule has 0 spiro atoms. The van der Waals surface area contributed by atoms with Gasteiger partial charge >= 0.3 is 0 Å². The molecule has 0 aliphatic rings. The number of benzene rings is 1. The van der Waals surface area contributed by atoms with Gasteiger partial charge in [0.05, 0.1) is 10.5 Å². The van der Waals surface area contributed by atoms with E-state index in [0.717, 1.165) is 5.56 Å². The standard InChI is InChI=1S/C13H16N4O3/c1-4-13(3,14)12-15-11(20-16-12)10-7-9(17(18)19)6-5-8(10)2/h5-7H,4,14H2,1-3H3. The summed E-state index contributed by atoms with van der Waals surface area (Å²) in [5.74, 6) is 0.632. The van der Waals surface area contributed by atoms with Gasteiger partial charge in [0.1, 0.15) is 0 Å². The monoisotopic (exact) mass is 276 g/mol. The van der Waals surface area contributed by atoms with Gasteiger partial charge in [-0.05, 0) is 25.8 Å². The lowest BCUT2D eigenvalue weighted by atomic mass is 10.00. The van der Waals surface area contributed by atoms with Crippen molar-refractivity contribution in [3.63, 3.8) is 0 Å². The van der Waals surface area contributed by atoms with Crippen molar-refractivity contribution in [2.45, 2.75) is 32.7 Å². The fraction of sp³-hybridized carbons (Fsp3) is 0.385. The minimum Gasteiger partial charge on any atom is -0.334 e. The lowest BCUT2D eigenvalue weighted by Crippen LogP contribution is -2.33. The second kappa shape index (κ2) is 5.01. The van der Waals surface area contributed by atoms with E-state index in [2.05, 4.69) is 10.1 Å². The highest BCUT2D eigenvalue weighted by atomic mass is 16.6. The van der Waals surface area contributed by atoms with Crippen molar-refractivity contribution in [3.8, 4) is 11.5 Å². The summed E-state index contributed by atoms with van der Waals surface area (Å²) in [7, 11) is 0. The molecule has 0 saturated heterocycles. The average molecular weight is 276 g/mol. The van der Waals surface area contributed by atoms with E-state index < -0.39 is 10.5 Å². The molecule has 1 atom stereocenters. The van der Waals surface area contributed by atoms with Gasteiger partial charge in [-0.1, -0.05) is 18.1 Å². The zero-order chi connectivity index (χ0) is 14.9. The first-order valence-electron chi connectivity index (χ1n) is 6.23. The Morgan fingerprint density at radius 3 is 2.80 bits per heavy atom. The number of nitro groups is 1. The van der Waals surface area contributed by atoms with E-state index >= 15 is 0 Å². The van der Waals surface area contributed by atoms with Gasteiger partial charge in [0, 0.05) is 17.7 Å². The van der Waals surface area contributed by atoms with Crippen molar-refractivity contribution in [1.82, 2.24) is 10.1 Å². The molecule has 2 N–H and O–H groups in total. The van der Waals surface area contributed by atoms with Crippen LogP contribution in [0.1, 0.15) is 31.7 Å². The van der Waals surface area contributed by atoms with Gasteiger partial charge in [0.15, 0.2) is 5.82 Å². The molecule has 0 aliphatic carbocycles. The third-order valence-electron chi connectivity index (χ3n) is 3.33. The van der Waals surface area contributed by atoms with E-state index in [1.54, 1.807) is 6.07 Å². The van der Waals surface area contributed by atoms with Crippen molar-refractivity contribution >= 4 is 5.69 Å². The molecule has 106 valence electrons. The van der Waals surface area contributed by atoms with E-state index in [4.69, 9.17) is 10.3 Å². The Morgan fingerprint density at radius 1 is 1.50 bits per heavy atom. The Labute approximate surface area is 115 Å². The summed E-state index contributed by atoms with van der Waals surface area (Å²) < 4.78 is 5.19. The highest BCUT2D eigenvalue weighted by molar-refractivity contribution is 5.62. The van der Waals surface area contributed by atoms with Gasteiger partial charge < -0.3 is 10.3 Å². The van der Waals surface area contributed by atoms with Crippen molar-refractivity contribution in [1.29, 1.82) is 0 Å². The third-order valence-corrected chi connectivity index (χ3v) is 3.33. The molecule has 20 heavy (non-hydrogen) atoms. The summed E-state index contributed by atoms with van der Waals surface area (Å²) in [6, 6.07) is 4.51. The molecule has 0 saturated carbocycles. The first-order valence-corrected chi connectivity index (χ1v) is 6.23. The molecule has 0 amide bonds. The molecule has 2 aromatic rings. The molecular formula is C13H16N4O3. The van der Waals surface area contributed by atoms with E-state index in [-0.39, 0.29) is 11.6 Å². The number of non-ortho nitro benzene ring substituents is 1. The largest absolute Gasteiger partial charge is 0.334 e. The Bertz CT molecular complexity index is 649. The lowest BCUT2D eigenvalue weighted by molar-refractivity contribution is -0.384. The first kappa shape index (κ1) is 14.1. The summed E-state index contributed by atoms with van der Waals surface area (Å²) in [4.78, 5) is 14.6. The Morgan fingerprint density at radius 2 is 2.20 bits per heavy atom. The van der Waals surface area contributed by atoms with Crippen LogP contribution < -0.4 is 5.73 Å². The minimum absolute atomic E-state index is 0.0173. The van der Waals surface area contributed by atoms with Crippen molar-refractivity contribution in [2.75, 3.05) is 0 Å². The summed E-state index contributed by atoms with van der Waals surface area (Å²) >= 11 is 0. The average Bonchev–Trinajstić information content (AvgIpc) is 2.89. The van der Waals surface area contributed by atoms with Crippen LogP contribution in [-0.2, 0) is 5.54 Å². The van der Waals surface area contributed by atoms with Gasteiger partial charge in [0.2, 0.25) is 0 Å². The van der Waals surface area contributed by atoms with Crippen LogP contribution in [0.5, 0.6) is 0 Å². The molecule has 7 heteroatoms. The summed E-state index contributed by atoms with van der Waals surface area (Å²) in [5.41, 5.74) is 6.72. The van der Waals surface area contributed by atoms with Crippen molar-refractivity contribution in [3.05, 3.63) is 39.7 Å². The van der Waals surface area contributed by atoms with Gasteiger partial charge in [-0.3, -0.25) is 10.1 Å². The Kier molecular flexibility index (Phi) is 3.54. The van der Waals surface area contributed by atoms with Crippen LogP contribution >= 0.6 is 0 Å². The normalized spacial score (nSPS) is 14.0. The van der Waals surface area contributed by atoms with Gasteiger partial charge in [0.25, 0.3) is 11.6 Å². The van der Waals surface area contributed by atoms with E-state index in [1.165, 1.54) is 12.1 Å². The number of hydrogen-bond acceptors (Lipinski definition) is 6. The molecule has 0 aliphatic heterocycles. The van der Waals surface area contributed by atoms with Crippen LogP contribution in [0.25, 0.3) is 11.5 Å². The maximum atomic E-state index is 10.8. The van der Waals surface area contributed by atoms with Crippen LogP contribution in [0.15, 0.2) is 22.7 Å². The molecular weight excluding hydrogens is 260 g/mol. The quantitative estimate of drug-likeness (QED) is 0.679. The SMILES string of the molecule is CCC(C)(N)c1noc(-c2cc([N+](=O)[O-])ccc2C)n1. The molecule has 1 unspecified atom stereocenters. The van der Waals surface area contributed by atoms with E-state index in [1.807, 2.05) is 20.8 Å². The molecule has 1 aromatic heterocycles. The fourth-order valence-electron chi connectivity index (χ4n) is 1.68. The first-order chi connectivity index (χ1) is 9.35. The molecule has 0 bridgehead atoms. The molecule has 1 heterocycles. The fourth-order valence-corrected chi connectivity index (χ4v) is 1.68. The Balaban J connectivity index is 2.47. The highest BCUT2D eigenvalue weighted by Gasteiger charge is 2.26. The number of aromatic nitrogens is 2. The maximum Gasteiger partial charge on any atom is 0.270 e. The number of hydrogen-bond donors (Lipinski definition) is 1. The second-order valence-electron chi connectivity index (χ2n) is 4.95. The highest BCUT2D eigenvalue weighted by Crippen LogP contribution is 2.28. The lowest BCUT2D eigenvalue weighted by Gasteiger charge is -2.16. The van der Waals surface area contributed by atoms with Crippen LogP contribution in [0.3, 0.4) is 0 Å². The van der Waals surface area contributed by atoms with Crippen molar-refractivity contribution < 1.29 is 9.45 Å². The van der Waals surface area contributed by atoms with Gasteiger partial charge in [-0.2, -0.15) is 4.98 Å². The summed E-state index contributed by atoms with van der Waals surface area (Å²) in [6.07, 6.45) is 0.653. The number of aryl methyl sites for hydroxylation is 1. The zero-order valence-electron chi connectivity index (χ0n) is 11.6. The predicted molar refractivity (Wildman–Crippen MR) is 73.0 cm³/mol. The second-order valence-corrected chi connectivity index (χ2v) is 4.95. The van der Waals surface area contributed by atoms with Gasteiger partial charge in [-0.15, -0.1) is 0 Å². The van der Waals surface area contributed by atoms with Gasteiger partial charge in [-0.25, -0.2) is 0 Å². The van der Waals surface area contributed by atoms with Crippen LogP contribution in [0.4, 0.5) is 5.69 Å². The third kappa shape index (κ3) is 2.53. The number of rotatable bonds is 4. The Hall–Kier alpha value is -2.28. The molecule has 0 fully saturated rings. The van der Waals surface area contributed by atoms with E-state index in [0.29, 0.717) is 17.8 Å². The smallest absolute Gasteiger partial charge is 0.270 e. The number of nitro benzene ring substituents is 1. The molecule has 2 rings (SSSR count). The van der Waals surface area contributed by atoms with Crippen LogP contribution in [0, 0.1) is 17.0 Å². The molecule has 7 nitrogen and oxygen atoms in total. The summed E-state index contributed by atoms with van der Waals surface area (Å²) in [6.45, 7) is 5.56. The maximum absolute atomic E-state index is 10.8.